The molecule has 4 heteroatoms. The zero-order chi connectivity index (χ0) is 34.2. The van der Waals surface area contributed by atoms with Crippen molar-refractivity contribution in [3.63, 3.8) is 0 Å². The maximum atomic E-state index is 7.44. The van der Waals surface area contributed by atoms with Gasteiger partial charge in [0.2, 0.25) is 0 Å². The normalized spacial score (nSPS) is 37.6. The highest BCUT2D eigenvalue weighted by Gasteiger charge is 2.41. The van der Waals surface area contributed by atoms with E-state index in [1.54, 1.807) is 5.57 Å². The predicted molar refractivity (Wildman–Crippen MR) is 209 cm³/mol. The van der Waals surface area contributed by atoms with E-state index in [4.69, 9.17) is 16.2 Å². The molecule has 0 aromatic carbocycles. The van der Waals surface area contributed by atoms with Crippen LogP contribution in [-0.4, -0.2) is 42.4 Å². The van der Waals surface area contributed by atoms with E-state index in [0.29, 0.717) is 5.92 Å². The highest BCUT2D eigenvalue weighted by molar-refractivity contribution is 5.10. The van der Waals surface area contributed by atoms with E-state index < -0.39 is 0 Å². The van der Waals surface area contributed by atoms with Crippen LogP contribution in [0.5, 0.6) is 0 Å². The average molecular weight is 678 g/mol. The Morgan fingerprint density at radius 2 is 1.37 bits per heavy atom. The molecule has 2 saturated heterocycles. The summed E-state index contributed by atoms with van der Waals surface area (Å²) in [5, 5.41) is 0. The molecule has 3 heterocycles. The molecule has 2 saturated carbocycles. The van der Waals surface area contributed by atoms with Crippen LogP contribution in [0.2, 0.25) is 0 Å². The van der Waals surface area contributed by atoms with Gasteiger partial charge >= 0.3 is 0 Å². The number of ether oxygens (including phenoxy) is 1. The minimum Gasteiger partial charge on any atom is -0.358 e. The van der Waals surface area contributed by atoms with Crippen molar-refractivity contribution in [3.05, 3.63) is 30.0 Å². The molecule has 3 aliphatic heterocycles. The lowest BCUT2D eigenvalue weighted by Crippen LogP contribution is -2.48. The SMILES string of the molecule is C=C=CCCC1=CC2OCN3CCC4C(CCCCCCCCCC(N)(CC3)CC(N)CCCCC1)CCCCCCCC4CC2C1CC1. The highest BCUT2D eigenvalue weighted by atomic mass is 16.5. The molecule has 8 unspecified atom stereocenters. The summed E-state index contributed by atoms with van der Waals surface area (Å²) in [6.45, 7) is 6.84. The van der Waals surface area contributed by atoms with Crippen molar-refractivity contribution in [2.24, 2.45) is 41.1 Å². The molecule has 280 valence electrons. The Balaban J connectivity index is 1.51. The predicted octanol–water partition coefficient (Wildman–Crippen LogP) is 11.4. The maximum Gasteiger partial charge on any atom is 0.0998 e. The first-order valence-electron chi connectivity index (χ1n) is 22.0. The number of hydrogen-bond donors (Lipinski definition) is 2. The van der Waals surface area contributed by atoms with Crippen molar-refractivity contribution in [3.8, 4) is 0 Å². The van der Waals surface area contributed by atoms with Crippen molar-refractivity contribution in [1.82, 2.24) is 4.90 Å². The Morgan fingerprint density at radius 3 is 2.08 bits per heavy atom. The van der Waals surface area contributed by atoms with Gasteiger partial charge in [-0.15, -0.1) is 5.73 Å². The van der Waals surface area contributed by atoms with E-state index in [1.807, 2.05) is 0 Å². The Labute approximate surface area is 303 Å². The van der Waals surface area contributed by atoms with Crippen LogP contribution in [0.15, 0.2) is 30.0 Å². The summed E-state index contributed by atoms with van der Waals surface area (Å²) in [5.74, 6) is 4.13. The summed E-state index contributed by atoms with van der Waals surface area (Å²) >= 11 is 0. The fraction of sp³-hybridized carbons (Fsp3) is 0.889. The Bertz CT molecular complexity index is 999. The molecule has 5 aliphatic rings. The van der Waals surface area contributed by atoms with Crippen LogP contribution >= 0.6 is 0 Å². The molecule has 0 aromatic heterocycles. The third-order valence-corrected chi connectivity index (χ3v) is 13.9. The first-order chi connectivity index (χ1) is 24.0. The van der Waals surface area contributed by atoms with E-state index in [9.17, 15) is 0 Å². The summed E-state index contributed by atoms with van der Waals surface area (Å²) < 4.78 is 7.25. The summed E-state index contributed by atoms with van der Waals surface area (Å²) in [4.78, 5) is 2.72. The monoisotopic (exact) mass is 678 g/mol. The first-order valence-corrected chi connectivity index (χ1v) is 22.0. The second kappa shape index (κ2) is 21.6. The molecule has 0 spiro atoms. The highest BCUT2D eigenvalue weighted by Crippen LogP contribution is 2.48. The van der Waals surface area contributed by atoms with Gasteiger partial charge in [0.15, 0.2) is 0 Å². The molecular formula is C45H79N3O. The fourth-order valence-corrected chi connectivity index (χ4v) is 10.7. The molecule has 2 aliphatic carbocycles. The molecule has 8 atom stereocenters. The van der Waals surface area contributed by atoms with Gasteiger partial charge in [-0.3, -0.25) is 4.90 Å². The molecule has 0 radical (unpaired) electrons. The first kappa shape index (κ1) is 39.3. The zero-order valence-electron chi connectivity index (χ0n) is 32.0. The van der Waals surface area contributed by atoms with Crippen molar-refractivity contribution >= 4 is 0 Å². The van der Waals surface area contributed by atoms with Gasteiger partial charge in [-0.1, -0.05) is 127 Å². The van der Waals surface area contributed by atoms with Crippen molar-refractivity contribution in [2.45, 2.75) is 204 Å². The molecule has 0 aromatic rings. The van der Waals surface area contributed by atoms with Crippen LogP contribution in [0.4, 0.5) is 0 Å². The van der Waals surface area contributed by atoms with Gasteiger partial charge in [0.1, 0.15) is 0 Å². The molecular weight excluding hydrogens is 599 g/mol. The molecule has 4 nitrogen and oxygen atoms in total. The molecule has 49 heavy (non-hydrogen) atoms. The van der Waals surface area contributed by atoms with E-state index in [1.165, 1.54) is 154 Å². The van der Waals surface area contributed by atoms with Crippen LogP contribution in [0.3, 0.4) is 0 Å². The van der Waals surface area contributed by atoms with Gasteiger partial charge < -0.3 is 16.2 Å². The Kier molecular flexibility index (Phi) is 17.3. The van der Waals surface area contributed by atoms with Crippen LogP contribution in [-0.2, 0) is 4.74 Å². The topological polar surface area (TPSA) is 64.5 Å². The van der Waals surface area contributed by atoms with Gasteiger partial charge in [-0.25, -0.2) is 0 Å². The average Bonchev–Trinajstić information content (AvgIpc) is 3.93. The molecule has 4 fully saturated rings. The van der Waals surface area contributed by atoms with Crippen LogP contribution in [0.25, 0.3) is 0 Å². The smallest absolute Gasteiger partial charge is 0.0998 e. The van der Waals surface area contributed by atoms with Crippen molar-refractivity contribution < 1.29 is 4.74 Å². The minimum absolute atomic E-state index is 0.164. The summed E-state index contributed by atoms with van der Waals surface area (Å²) in [6, 6.07) is 0.211. The second-order valence-electron chi connectivity index (χ2n) is 17.9. The summed E-state index contributed by atoms with van der Waals surface area (Å²) in [6.07, 6.45) is 43.3. The van der Waals surface area contributed by atoms with Gasteiger partial charge in [0, 0.05) is 24.7 Å². The third kappa shape index (κ3) is 13.9. The quantitative estimate of drug-likeness (QED) is 0.230. The van der Waals surface area contributed by atoms with Crippen molar-refractivity contribution in [2.75, 3.05) is 19.8 Å². The van der Waals surface area contributed by atoms with Crippen LogP contribution < -0.4 is 11.5 Å². The van der Waals surface area contributed by atoms with E-state index in [2.05, 4.69) is 29.4 Å². The summed E-state index contributed by atoms with van der Waals surface area (Å²) in [5.41, 5.74) is 18.8. The van der Waals surface area contributed by atoms with Gasteiger partial charge in [-0.05, 0) is 113 Å². The molecule has 5 rings (SSSR count). The lowest BCUT2D eigenvalue weighted by atomic mass is 9.68. The number of hydrogen-bond acceptors (Lipinski definition) is 4. The molecule has 0 amide bonds. The summed E-state index contributed by atoms with van der Waals surface area (Å²) in [7, 11) is 0. The second-order valence-corrected chi connectivity index (χ2v) is 17.9. The standard InChI is InChI=1S/C45H79N3O/c1-2-3-13-20-37-21-14-12-18-25-41(46)35-45(47)29-19-11-6-4-5-8-15-22-38-23-16-9-7-10-17-24-40-34-43(39-26-27-39)44(33-37)49-36-48(32-30-45)31-28-42(38)40/h3,33,38-44H,1,4-32,34-36,46-47H2. The van der Waals surface area contributed by atoms with Gasteiger partial charge in [0.25, 0.3) is 0 Å². The Hall–Kier alpha value is -0.900. The fourth-order valence-electron chi connectivity index (χ4n) is 10.7. The van der Waals surface area contributed by atoms with Crippen LogP contribution in [0.1, 0.15) is 186 Å². The minimum atomic E-state index is -0.164. The third-order valence-electron chi connectivity index (χ3n) is 13.9. The molecule has 4 bridgehead atoms. The number of nitrogens with two attached hydrogens (primary N) is 2. The largest absolute Gasteiger partial charge is 0.358 e. The van der Waals surface area contributed by atoms with E-state index >= 15 is 0 Å². The number of rotatable bonds is 4. The Morgan fingerprint density at radius 1 is 0.735 bits per heavy atom. The number of nitrogens with zero attached hydrogens (tertiary/aromatic N) is 1. The maximum absolute atomic E-state index is 7.44. The number of fused-ring (bicyclic) bond motifs is 5. The van der Waals surface area contributed by atoms with Gasteiger partial charge in [-0.2, -0.15) is 0 Å². The number of allylic oxidation sites excluding steroid dienone is 2. The lowest BCUT2D eigenvalue weighted by Gasteiger charge is -2.42. The van der Waals surface area contributed by atoms with E-state index in [-0.39, 0.29) is 17.7 Å². The zero-order valence-corrected chi connectivity index (χ0v) is 32.0. The van der Waals surface area contributed by atoms with Crippen molar-refractivity contribution in [1.29, 1.82) is 0 Å². The lowest BCUT2D eigenvalue weighted by molar-refractivity contribution is -0.0535. The van der Waals surface area contributed by atoms with Gasteiger partial charge in [0.05, 0.1) is 12.8 Å². The van der Waals surface area contributed by atoms with E-state index in [0.717, 1.165) is 75.5 Å². The molecule has 4 N–H and O–H groups in total. The van der Waals surface area contributed by atoms with Crippen LogP contribution in [0, 0.1) is 29.6 Å².